The van der Waals surface area contributed by atoms with E-state index in [1.54, 1.807) is 0 Å². The van der Waals surface area contributed by atoms with Crippen molar-refractivity contribution in [2.75, 3.05) is 20.8 Å². The SMILES string of the molecule is COc1cc(F)c(C(O)CNC(C)C)cc1OC. The molecule has 0 saturated heterocycles. The summed E-state index contributed by atoms with van der Waals surface area (Å²) in [7, 11) is 2.91. The Morgan fingerprint density at radius 1 is 1.22 bits per heavy atom. The van der Waals surface area contributed by atoms with E-state index >= 15 is 0 Å². The van der Waals surface area contributed by atoms with Crippen LogP contribution in [0.4, 0.5) is 4.39 Å². The van der Waals surface area contributed by atoms with Crippen molar-refractivity contribution in [1.29, 1.82) is 0 Å². The van der Waals surface area contributed by atoms with Crippen LogP contribution in [0.25, 0.3) is 0 Å². The molecule has 0 saturated carbocycles. The number of hydrogen-bond acceptors (Lipinski definition) is 4. The minimum absolute atomic E-state index is 0.195. The highest BCUT2D eigenvalue weighted by molar-refractivity contribution is 5.44. The fourth-order valence-corrected chi connectivity index (χ4v) is 1.58. The van der Waals surface area contributed by atoms with Crippen molar-refractivity contribution < 1.29 is 19.0 Å². The molecule has 0 fully saturated rings. The summed E-state index contributed by atoms with van der Waals surface area (Å²) >= 11 is 0. The van der Waals surface area contributed by atoms with Crippen LogP contribution in [-0.4, -0.2) is 31.9 Å². The number of halogens is 1. The lowest BCUT2D eigenvalue weighted by Crippen LogP contribution is -2.28. The Bertz CT molecular complexity index is 396. The van der Waals surface area contributed by atoms with Gasteiger partial charge in [-0.05, 0) is 6.07 Å². The number of ether oxygens (including phenoxy) is 2. The van der Waals surface area contributed by atoms with Gasteiger partial charge in [0.05, 0.1) is 20.3 Å². The number of hydrogen-bond donors (Lipinski definition) is 2. The molecule has 1 atom stereocenters. The summed E-state index contributed by atoms with van der Waals surface area (Å²) in [6, 6.07) is 2.90. The number of methoxy groups -OCH3 is 2. The number of aliphatic hydroxyl groups excluding tert-OH is 1. The quantitative estimate of drug-likeness (QED) is 0.817. The molecule has 4 nitrogen and oxygen atoms in total. The molecule has 102 valence electrons. The molecule has 1 aromatic rings. The third-order valence-corrected chi connectivity index (χ3v) is 2.58. The molecule has 0 aliphatic carbocycles. The molecule has 1 unspecified atom stereocenters. The smallest absolute Gasteiger partial charge is 0.163 e. The molecule has 0 aliphatic rings. The molecule has 0 aliphatic heterocycles. The summed E-state index contributed by atoms with van der Waals surface area (Å²) < 4.78 is 23.9. The first-order chi connectivity index (χ1) is 8.49. The van der Waals surface area contributed by atoms with Crippen molar-refractivity contribution in [1.82, 2.24) is 5.32 Å². The molecule has 0 amide bonds. The van der Waals surface area contributed by atoms with Crippen LogP contribution in [0, 0.1) is 5.82 Å². The van der Waals surface area contributed by atoms with Crippen LogP contribution in [-0.2, 0) is 0 Å². The largest absolute Gasteiger partial charge is 0.493 e. The maximum Gasteiger partial charge on any atom is 0.163 e. The number of nitrogens with one attached hydrogen (secondary N) is 1. The summed E-state index contributed by atoms with van der Waals surface area (Å²) in [6.07, 6.45) is -0.924. The van der Waals surface area contributed by atoms with E-state index in [1.807, 2.05) is 13.8 Å². The van der Waals surface area contributed by atoms with E-state index in [9.17, 15) is 9.50 Å². The minimum Gasteiger partial charge on any atom is -0.493 e. The van der Waals surface area contributed by atoms with E-state index in [-0.39, 0.29) is 18.2 Å². The summed E-state index contributed by atoms with van der Waals surface area (Å²) in [5.41, 5.74) is 0.195. The molecule has 0 spiro atoms. The summed E-state index contributed by atoms with van der Waals surface area (Å²) in [5.74, 6) is 0.200. The average Bonchev–Trinajstić information content (AvgIpc) is 2.35. The van der Waals surface area contributed by atoms with Crippen LogP contribution in [0.1, 0.15) is 25.5 Å². The first kappa shape index (κ1) is 14.7. The Balaban J connectivity index is 2.94. The van der Waals surface area contributed by atoms with E-state index in [2.05, 4.69) is 5.32 Å². The monoisotopic (exact) mass is 257 g/mol. The second-order valence-corrected chi connectivity index (χ2v) is 4.31. The van der Waals surface area contributed by atoms with Crippen molar-refractivity contribution in [3.8, 4) is 11.5 Å². The highest BCUT2D eigenvalue weighted by Crippen LogP contribution is 2.32. The molecular formula is C13H20FNO3. The lowest BCUT2D eigenvalue weighted by Gasteiger charge is -2.17. The topological polar surface area (TPSA) is 50.7 Å². The molecule has 18 heavy (non-hydrogen) atoms. The second-order valence-electron chi connectivity index (χ2n) is 4.31. The van der Waals surface area contributed by atoms with Crippen molar-refractivity contribution in [3.05, 3.63) is 23.5 Å². The fraction of sp³-hybridized carbons (Fsp3) is 0.538. The Morgan fingerprint density at radius 3 is 2.28 bits per heavy atom. The van der Waals surface area contributed by atoms with E-state index < -0.39 is 11.9 Å². The van der Waals surface area contributed by atoms with Gasteiger partial charge in [-0.25, -0.2) is 4.39 Å². The van der Waals surface area contributed by atoms with Crippen molar-refractivity contribution >= 4 is 0 Å². The van der Waals surface area contributed by atoms with Gasteiger partial charge < -0.3 is 19.9 Å². The van der Waals surface area contributed by atoms with Gasteiger partial charge in [-0.3, -0.25) is 0 Å². The fourth-order valence-electron chi connectivity index (χ4n) is 1.58. The van der Waals surface area contributed by atoms with Crippen LogP contribution >= 0.6 is 0 Å². The van der Waals surface area contributed by atoms with Crippen molar-refractivity contribution in [3.63, 3.8) is 0 Å². The predicted molar refractivity (Wildman–Crippen MR) is 67.6 cm³/mol. The predicted octanol–water partition coefficient (Wildman–Crippen LogP) is 1.87. The van der Waals surface area contributed by atoms with Crippen molar-refractivity contribution in [2.45, 2.75) is 26.0 Å². The van der Waals surface area contributed by atoms with E-state index in [4.69, 9.17) is 9.47 Å². The summed E-state index contributed by atoms with van der Waals surface area (Å²) in [5, 5.41) is 13.0. The normalized spacial score (nSPS) is 12.6. The molecule has 2 N–H and O–H groups in total. The zero-order chi connectivity index (χ0) is 13.7. The van der Waals surface area contributed by atoms with Gasteiger partial charge in [0.15, 0.2) is 11.5 Å². The Kier molecular flexibility index (Phi) is 5.37. The molecule has 0 heterocycles. The van der Waals surface area contributed by atoms with Gasteiger partial charge in [0.25, 0.3) is 0 Å². The highest BCUT2D eigenvalue weighted by Gasteiger charge is 2.17. The highest BCUT2D eigenvalue weighted by atomic mass is 19.1. The van der Waals surface area contributed by atoms with Gasteiger partial charge in [-0.1, -0.05) is 13.8 Å². The number of benzene rings is 1. The molecule has 0 bridgehead atoms. The van der Waals surface area contributed by atoms with Gasteiger partial charge in [0.2, 0.25) is 0 Å². The maximum atomic E-state index is 13.8. The van der Waals surface area contributed by atoms with Gasteiger partial charge in [0.1, 0.15) is 5.82 Å². The second kappa shape index (κ2) is 6.56. The van der Waals surface area contributed by atoms with Gasteiger partial charge in [-0.2, -0.15) is 0 Å². The van der Waals surface area contributed by atoms with Gasteiger partial charge in [0, 0.05) is 24.2 Å². The van der Waals surface area contributed by atoms with Gasteiger partial charge in [-0.15, -0.1) is 0 Å². The molecule has 1 rings (SSSR count). The zero-order valence-corrected chi connectivity index (χ0v) is 11.2. The number of rotatable bonds is 6. The third kappa shape index (κ3) is 3.58. The molecule has 5 heteroatoms. The van der Waals surface area contributed by atoms with Crippen LogP contribution in [0.2, 0.25) is 0 Å². The number of aliphatic hydroxyl groups is 1. The first-order valence-corrected chi connectivity index (χ1v) is 5.82. The van der Waals surface area contributed by atoms with E-state index in [0.29, 0.717) is 11.5 Å². The Morgan fingerprint density at radius 2 is 1.78 bits per heavy atom. The van der Waals surface area contributed by atoms with E-state index in [1.165, 1.54) is 26.4 Å². The first-order valence-electron chi connectivity index (χ1n) is 5.82. The van der Waals surface area contributed by atoms with Crippen LogP contribution < -0.4 is 14.8 Å². The van der Waals surface area contributed by atoms with Gasteiger partial charge >= 0.3 is 0 Å². The third-order valence-electron chi connectivity index (χ3n) is 2.58. The molecular weight excluding hydrogens is 237 g/mol. The molecule has 0 radical (unpaired) electrons. The van der Waals surface area contributed by atoms with Crippen LogP contribution in [0.5, 0.6) is 11.5 Å². The average molecular weight is 257 g/mol. The minimum atomic E-state index is -0.924. The standard InChI is InChI=1S/C13H20FNO3/c1-8(2)15-7-11(16)9-5-12(17-3)13(18-4)6-10(9)14/h5-6,8,11,15-16H,7H2,1-4H3. The maximum absolute atomic E-state index is 13.8. The lowest BCUT2D eigenvalue weighted by molar-refractivity contribution is 0.166. The molecule has 1 aromatic carbocycles. The molecule has 0 aromatic heterocycles. The van der Waals surface area contributed by atoms with Crippen molar-refractivity contribution in [2.24, 2.45) is 0 Å². The summed E-state index contributed by atoms with van der Waals surface area (Å²) in [4.78, 5) is 0. The Hall–Kier alpha value is -1.33. The van der Waals surface area contributed by atoms with E-state index in [0.717, 1.165) is 0 Å². The summed E-state index contributed by atoms with van der Waals surface area (Å²) in [6.45, 7) is 4.19. The van der Waals surface area contributed by atoms with Crippen LogP contribution in [0.3, 0.4) is 0 Å². The zero-order valence-electron chi connectivity index (χ0n) is 11.2. The lowest BCUT2D eigenvalue weighted by atomic mass is 10.1. The Labute approximate surface area is 107 Å². The van der Waals surface area contributed by atoms with Crippen LogP contribution in [0.15, 0.2) is 12.1 Å².